The Morgan fingerprint density at radius 2 is 1.86 bits per heavy atom. The first kappa shape index (κ1) is 12.5. The van der Waals surface area contributed by atoms with Gasteiger partial charge in [0.1, 0.15) is 0 Å². The van der Waals surface area contributed by atoms with E-state index in [4.69, 9.17) is 11.6 Å². The molecule has 4 heteroatoms. The molecule has 0 spiro atoms. The number of nitrogens with zero attached hydrogens (tertiary/aromatic N) is 2. The van der Waals surface area contributed by atoms with Crippen LogP contribution in [-0.4, -0.2) is 15.3 Å². The lowest BCUT2D eigenvalue weighted by Gasteiger charge is -2.15. The minimum atomic E-state index is 0.742. The summed E-state index contributed by atoms with van der Waals surface area (Å²) in [6.45, 7) is 0. The zero-order valence-corrected chi connectivity index (χ0v) is 12.0. The molecule has 21 heavy (non-hydrogen) atoms. The zero-order chi connectivity index (χ0) is 14.4. The maximum absolute atomic E-state index is 9.19. The van der Waals surface area contributed by atoms with Crippen LogP contribution in [0.1, 0.15) is 17.5 Å². The molecule has 3 aromatic rings. The molecule has 1 aliphatic carbocycles. The Labute approximate surface area is 127 Å². The van der Waals surface area contributed by atoms with E-state index in [9.17, 15) is 5.21 Å². The Kier molecular flexibility index (Phi) is 2.76. The van der Waals surface area contributed by atoms with Gasteiger partial charge in [-0.15, -0.1) is 0 Å². The van der Waals surface area contributed by atoms with Gasteiger partial charge in [0.25, 0.3) is 0 Å². The maximum Gasteiger partial charge on any atom is 0.0892 e. The molecule has 0 saturated carbocycles. The number of hydrogen-bond donors (Lipinski definition) is 1. The summed E-state index contributed by atoms with van der Waals surface area (Å²) < 4.78 is 2.11. The van der Waals surface area contributed by atoms with E-state index in [1.807, 2.05) is 42.6 Å². The fourth-order valence-corrected chi connectivity index (χ4v) is 3.27. The molecule has 0 unspecified atom stereocenters. The molecular weight excluding hydrogens is 284 g/mol. The van der Waals surface area contributed by atoms with E-state index in [1.165, 1.54) is 11.1 Å². The van der Waals surface area contributed by atoms with Crippen molar-refractivity contribution in [3.05, 3.63) is 64.9 Å². The maximum atomic E-state index is 9.19. The fourth-order valence-electron chi connectivity index (χ4n) is 3.14. The van der Waals surface area contributed by atoms with Crippen LogP contribution in [0.5, 0.6) is 0 Å². The van der Waals surface area contributed by atoms with Gasteiger partial charge >= 0.3 is 0 Å². The van der Waals surface area contributed by atoms with Crippen molar-refractivity contribution in [1.82, 2.24) is 4.40 Å². The molecular formula is C17H13ClN2O. The van der Waals surface area contributed by atoms with Crippen LogP contribution in [0.3, 0.4) is 0 Å². The molecule has 1 N–H and O–H groups in total. The SMILES string of the molecule is O/N=C1/CCc2c(-c3ccc(Cl)cc3)cn3cccc1c23. The van der Waals surface area contributed by atoms with Crippen LogP contribution in [0, 0.1) is 0 Å². The highest BCUT2D eigenvalue weighted by molar-refractivity contribution is 6.30. The van der Waals surface area contributed by atoms with Crippen LogP contribution in [0.4, 0.5) is 0 Å². The second-order valence-corrected chi connectivity index (χ2v) is 5.69. The molecule has 0 amide bonds. The van der Waals surface area contributed by atoms with Crippen LogP contribution < -0.4 is 0 Å². The summed E-state index contributed by atoms with van der Waals surface area (Å²) in [5, 5.41) is 13.4. The summed E-state index contributed by atoms with van der Waals surface area (Å²) in [7, 11) is 0. The third-order valence-electron chi connectivity index (χ3n) is 4.10. The highest BCUT2D eigenvalue weighted by Gasteiger charge is 2.22. The van der Waals surface area contributed by atoms with E-state index in [0.717, 1.165) is 40.2 Å². The van der Waals surface area contributed by atoms with Gasteiger partial charge < -0.3 is 9.61 Å². The normalized spacial score (nSPS) is 15.8. The van der Waals surface area contributed by atoms with E-state index in [0.29, 0.717) is 0 Å². The molecule has 4 rings (SSSR count). The molecule has 1 aliphatic rings. The highest BCUT2D eigenvalue weighted by Crippen LogP contribution is 2.35. The number of rotatable bonds is 1. The zero-order valence-electron chi connectivity index (χ0n) is 11.3. The lowest BCUT2D eigenvalue weighted by molar-refractivity contribution is 0.318. The average molecular weight is 297 g/mol. The smallest absolute Gasteiger partial charge is 0.0892 e. The minimum absolute atomic E-state index is 0.742. The van der Waals surface area contributed by atoms with E-state index >= 15 is 0 Å². The molecule has 0 aliphatic heterocycles. The van der Waals surface area contributed by atoms with Gasteiger partial charge in [-0.05, 0) is 48.2 Å². The molecule has 0 atom stereocenters. The predicted octanol–water partition coefficient (Wildman–Crippen LogP) is 4.38. The third kappa shape index (κ3) is 1.85. The number of oxime groups is 1. The topological polar surface area (TPSA) is 37.0 Å². The molecule has 0 saturated heterocycles. The van der Waals surface area contributed by atoms with Crippen LogP contribution >= 0.6 is 11.6 Å². The van der Waals surface area contributed by atoms with Crippen molar-refractivity contribution in [3.8, 4) is 11.1 Å². The van der Waals surface area contributed by atoms with Crippen LogP contribution in [-0.2, 0) is 6.42 Å². The molecule has 2 aromatic heterocycles. The molecule has 2 heterocycles. The van der Waals surface area contributed by atoms with E-state index in [-0.39, 0.29) is 0 Å². The first-order valence-corrected chi connectivity index (χ1v) is 7.25. The summed E-state index contributed by atoms with van der Waals surface area (Å²) in [4.78, 5) is 0. The summed E-state index contributed by atoms with van der Waals surface area (Å²) >= 11 is 5.98. The van der Waals surface area contributed by atoms with Crippen molar-refractivity contribution in [2.75, 3.05) is 0 Å². The Balaban J connectivity index is 2.01. The predicted molar refractivity (Wildman–Crippen MR) is 84.5 cm³/mol. The lowest BCUT2D eigenvalue weighted by atomic mass is 9.91. The summed E-state index contributed by atoms with van der Waals surface area (Å²) in [6.07, 6.45) is 5.80. The van der Waals surface area contributed by atoms with Gasteiger partial charge in [-0.25, -0.2) is 0 Å². The molecule has 1 aromatic carbocycles. The second kappa shape index (κ2) is 4.64. The standard InChI is InChI=1S/C17H13ClN2O/c18-12-5-3-11(4-6-12)15-10-20-9-1-2-14-16(19-21)8-7-13(15)17(14)20/h1-6,9-10,21H,7-8H2/b19-16-. The lowest BCUT2D eigenvalue weighted by Crippen LogP contribution is -2.11. The third-order valence-corrected chi connectivity index (χ3v) is 4.35. The van der Waals surface area contributed by atoms with Gasteiger partial charge in [0, 0.05) is 28.5 Å². The van der Waals surface area contributed by atoms with Crippen LogP contribution in [0.2, 0.25) is 5.02 Å². The van der Waals surface area contributed by atoms with Crippen LogP contribution in [0.15, 0.2) is 53.9 Å². The van der Waals surface area contributed by atoms with E-state index < -0.39 is 0 Å². The molecule has 0 fully saturated rings. The quantitative estimate of drug-likeness (QED) is 0.525. The van der Waals surface area contributed by atoms with Crippen LogP contribution in [0.25, 0.3) is 16.6 Å². The van der Waals surface area contributed by atoms with Gasteiger partial charge in [-0.2, -0.15) is 0 Å². The van der Waals surface area contributed by atoms with Crippen molar-refractivity contribution in [2.45, 2.75) is 12.8 Å². The van der Waals surface area contributed by atoms with Crippen molar-refractivity contribution >= 4 is 22.8 Å². The largest absolute Gasteiger partial charge is 0.411 e. The molecule has 0 bridgehead atoms. The van der Waals surface area contributed by atoms with Crippen molar-refractivity contribution in [3.63, 3.8) is 0 Å². The Hall–Kier alpha value is -2.26. The van der Waals surface area contributed by atoms with Gasteiger partial charge in [-0.1, -0.05) is 28.9 Å². The number of benzene rings is 1. The van der Waals surface area contributed by atoms with Gasteiger partial charge in [-0.3, -0.25) is 0 Å². The minimum Gasteiger partial charge on any atom is -0.411 e. The summed E-state index contributed by atoms with van der Waals surface area (Å²) in [5.41, 5.74) is 6.60. The highest BCUT2D eigenvalue weighted by atomic mass is 35.5. The molecule has 3 nitrogen and oxygen atoms in total. The van der Waals surface area contributed by atoms with Gasteiger partial charge in [0.2, 0.25) is 0 Å². The number of pyridine rings is 1. The first-order chi connectivity index (χ1) is 10.3. The molecule has 0 radical (unpaired) electrons. The number of aromatic nitrogens is 1. The summed E-state index contributed by atoms with van der Waals surface area (Å²) in [5.74, 6) is 0. The second-order valence-electron chi connectivity index (χ2n) is 5.25. The van der Waals surface area contributed by atoms with Crippen molar-refractivity contribution in [2.24, 2.45) is 5.16 Å². The Bertz CT molecular complexity index is 862. The number of aryl methyl sites for hydroxylation is 1. The Morgan fingerprint density at radius 1 is 1.05 bits per heavy atom. The van der Waals surface area contributed by atoms with Gasteiger partial charge in [0.05, 0.1) is 11.2 Å². The number of halogens is 1. The van der Waals surface area contributed by atoms with Crippen molar-refractivity contribution in [1.29, 1.82) is 0 Å². The monoisotopic (exact) mass is 296 g/mol. The summed E-state index contributed by atoms with van der Waals surface area (Å²) in [6, 6.07) is 11.9. The van der Waals surface area contributed by atoms with Gasteiger partial charge in [0.15, 0.2) is 0 Å². The first-order valence-electron chi connectivity index (χ1n) is 6.88. The number of hydrogen-bond acceptors (Lipinski definition) is 2. The van der Waals surface area contributed by atoms with Crippen molar-refractivity contribution < 1.29 is 5.21 Å². The fraction of sp³-hybridized carbons (Fsp3) is 0.118. The average Bonchev–Trinajstić information content (AvgIpc) is 2.89. The molecule has 104 valence electrons. The van der Waals surface area contributed by atoms with E-state index in [1.54, 1.807) is 0 Å². The Morgan fingerprint density at radius 3 is 2.62 bits per heavy atom. The van der Waals surface area contributed by atoms with E-state index in [2.05, 4.69) is 15.8 Å².